The molecule has 1 aliphatic rings. The first-order valence-corrected chi connectivity index (χ1v) is 9.54. The molecular formula is C20H31N3O3. The standard InChI is InChI=1S/C20H31N3O3/c1-15-13-23(14-16(2)26-15)20(25)17-8-10-18(11-9-17)22-19(24)7-5-3-4-6-12-21/h8-11,15-16H,3-7,12-14,21H2,1-2H3,(H,22,24). The van der Waals surface area contributed by atoms with Gasteiger partial charge in [-0.15, -0.1) is 0 Å². The molecule has 1 saturated heterocycles. The Morgan fingerprint density at radius 3 is 2.31 bits per heavy atom. The number of benzene rings is 1. The predicted octanol–water partition coefficient (Wildman–Crippen LogP) is 2.78. The maximum Gasteiger partial charge on any atom is 0.254 e. The van der Waals surface area contributed by atoms with Gasteiger partial charge in [0.25, 0.3) is 5.91 Å². The number of amides is 2. The number of morpholine rings is 1. The second-order valence-electron chi connectivity index (χ2n) is 7.05. The summed E-state index contributed by atoms with van der Waals surface area (Å²) in [6.07, 6.45) is 4.58. The van der Waals surface area contributed by atoms with Gasteiger partial charge < -0.3 is 20.7 Å². The van der Waals surface area contributed by atoms with E-state index in [9.17, 15) is 9.59 Å². The van der Waals surface area contributed by atoms with Crippen LogP contribution in [0, 0.1) is 0 Å². The second-order valence-corrected chi connectivity index (χ2v) is 7.05. The zero-order chi connectivity index (χ0) is 18.9. The van der Waals surface area contributed by atoms with Crippen molar-refractivity contribution in [2.24, 2.45) is 5.73 Å². The highest BCUT2D eigenvalue weighted by atomic mass is 16.5. The third kappa shape index (κ3) is 6.42. The lowest BCUT2D eigenvalue weighted by atomic mass is 10.1. The molecule has 6 heteroatoms. The van der Waals surface area contributed by atoms with Crippen LogP contribution in [0.2, 0.25) is 0 Å². The van der Waals surface area contributed by atoms with Crippen LogP contribution in [0.5, 0.6) is 0 Å². The number of hydrogen-bond donors (Lipinski definition) is 2. The van der Waals surface area contributed by atoms with E-state index in [0.29, 0.717) is 31.6 Å². The Balaban J connectivity index is 1.82. The summed E-state index contributed by atoms with van der Waals surface area (Å²) >= 11 is 0. The highest BCUT2D eigenvalue weighted by Gasteiger charge is 2.26. The van der Waals surface area contributed by atoms with Gasteiger partial charge in [-0.05, 0) is 57.5 Å². The Hall–Kier alpha value is -1.92. The highest BCUT2D eigenvalue weighted by molar-refractivity contribution is 5.96. The number of carbonyl (C=O) groups is 2. The van der Waals surface area contributed by atoms with Crippen LogP contribution in [-0.4, -0.2) is 48.6 Å². The molecule has 0 bridgehead atoms. The SMILES string of the molecule is CC1CN(C(=O)c2ccc(NC(=O)CCCCCCN)cc2)CC(C)O1. The Morgan fingerprint density at radius 1 is 1.08 bits per heavy atom. The fraction of sp³-hybridized carbons (Fsp3) is 0.600. The maximum absolute atomic E-state index is 12.6. The number of nitrogens with one attached hydrogen (secondary N) is 1. The fourth-order valence-electron chi connectivity index (χ4n) is 3.23. The quantitative estimate of drug-likeness (QED) is 0.697. The normalized spacial score (nSPS) is 20.0. The summed E-state index contributed by atoms with van der Waals surface area (Å²) in [6.45, 7) is 5.87. The molecule has 1 fully saturated rings. The Morgan fingerprint density at radius 2 is 1.69 bits per heavy atom. The van der Waals surface area contributed by atoms with Crippen LogP contribution in [0.3, 0.4) is 0 Å². The lowest BCUT2D eigenvalue weighted by molar-refractivity contribution is -0.116. The number of nitrogens with zero attached hydrogens (tertiary/aromatic N) is 1. The van der Waals surface area contributed by atoms with E-state index >= 15 is 0 Å². The summed E-state index contributed by atoms with van der Waals surface area (Å²) in [5.41, 5.74) is 6.81. The zero-order valence-electron chi connectivity index (χ0n) is 15.9. The first kappa shape index (κ1) is 20.4. The lowest BCUT2D eigenvalue weighted by Gasteiger charge is -2.35. The topological polar surface area (TPSA) is 84.7 Å². The minimum atomic E-state index is 0.00443. The Bertz CT molecular complexity index is 578. The van der Waals surface area contributed by atoms with Crippen molar-refractivity contribution in [1.29, 1.82) is 0 Å². The van der Waals surface area contributed by atoms with E-state index in [1.54, 1.807) is 24.3 Å². The second kappa shape index (κ2) is 10.3. The molecule has 1 aromatic rings. The van der Waals surface area contributed by atoms with Crippen molar-refractivity contribution in [2.45, 2.75) is 58.2 Å². The average Bonchev–Trinajstić information content (AvgIpc) is 2.61. The number of anilines is 1. The number of ether oxygens (including phenoxy) is 1. The molecule has 144 valence electrons. The molecule has 2 atom stereocenters. The summed E-state index contributed by atoms with van der Waals surface area (Å²) in [5, 5.41) is 2.88. The molecule has 3 N–H and O–H groups in total. The van der Waals surface area contributed by atoms with Crippen LogP contribution >= 0.6 is 0 Å². The molecule has 2 amide bonds. The molecule has 0 spiro atoms. The van der Waals surface area contributed by atoms with Gasteiger partial charge in [0, 0.05) is 30.8 Å². The van der Waals surface area contributed by atoms with Crippen LogP contribution < -0.4 is 11.1 Å². The minimum Gasteiger partial charge on any atom is -0.372 e. The minimum absolute atomic E-state index is 0.00443. The van der Waals surface area contributed by atoms with Gasteiger partial charge in [0.15, 0.2) is 0 Å². The Labute approximate surface area is 156 Å². The van der Waals surface area contributed by atoms with E-state index in [0.717, 1.165) is 31.4 Å². The van der Waals surface area contributed by atoms with E-state index in [1.165, 1.54) is 0 Å². The van der Waals surface area contributed by atoms with Crippen molar-refractivity contribution in [1.82, 2.24) is 4.90 Å². The number of unbranched alkanes of at least 4 members (excludes halogenated alkanes) is 3. The average molecular weight is 361 g/mol. The molecule has 26 heavy (non-hydrogen) atoms. The molecule has 0 saturated carbocycles. The van der Waals surface area contributed by atoms with Crippen LogP contribution in [0.25, 0.3) is 0 Å². The molecule has 1 aliphatic heterocycles. The van der Waals surface area contributed by atoms with Crippen LogP contribution in [-0.2, 0) is 9.53 Å². The third-order valence-electron chi connectivity index (χ3n) is 4.48. The number of nitrogens with two attached hydrogens (primary N) is 1. The van der Waals surface area contributed by atoms with Gasteiger partial charge in [0.2, 0.25) is 5.91 Å². The summed E-state index contributed by atoms with van der Waals surface area (Å²) in [6, 6.07) is 7.10. The molecule has 2 unspecified atom stereocenters. The van der Waals surface area contributed by atoms with Crippen molar-refractivity contribution >= 4 is 17.5 Å². The van der Waals surface area contributed by atoms with Gasteiger partial charge >= 0.3 is 0 Å². The molecule has 2 rings (SSSR count). The Kier molecular flexibility index (Phi) is 8.06. The van der Waals surface area contributed by atoms with E-state index < -0.39 is 0 Å². The largest absolute Gasteiger partial charge is 0.372 e. The number of carbonyl (C=O) groups excluding carboxylic acids is 2. The number of hydrogen-bond acceptors (Lipinski definition) is 4. The molecule has 0 radical (unpaired) electrons. The summed E-state index contributed by atoms with van der Waals surface area (Å²) < 4.78 is 5.67. The van der Waals surface area contributed by atoms with Gasteiger partial charge in [-0.3, -0.25) is 9.59 Å². The monoisotopic (exact) mass is 361 g/mol. The molecule has 6 nitrogen and oxygen atoms in total. The van der Waals surface area contributed by atoms with Gasteiger partial charge in [0.1, 0.15) is 0 Å². The van der Waals surface area contributed by atoms with Crippen molar-refractivity contribution in [2.75, 3.05) is 25.0 Å². The predicted molar refractivity (Wildman–Crippen MR) is 103 cm³/mol. The highest BCUT2D eigenvalue weighted by Crippen LogP contribution is 2.16. The maximum atomic E-state index is 12.6. The third-order valence-corrected chi connectivity index (χ3v) is 4.48. The molecule has 0 aromatic heterocycles. The van der Waals surface area contributed by atoms with Gasteiger partial charge in [-0.2, -0.15) is 0 Å². The van der Waals surface area contributed by atoms with Crippen molar-refractivity contribution in [3.05, 3.63) is 29.8 Å². The lowest BCUT2D eigenvalue weighted by Crippen LogP contribution is -2.48. The van der Waals surface area contributed by atoms with Crippen LogP contribution in [0.1, 0.15) is 56.3 Å². The van der Waals surface area contributed by atoms with E-state index in [-0.39, 0.29) is 24.0 Å². The first-order valence-electron chi connectivity index (χ1n) is 9.54. The first-order chi connectivity index (χ1) is 12.5. The smallest absolute Gasteiger partial charge is 0.254 e. The van der Waals surface area contributed by atoms with Gasteiger partial charge in [-0.25, -0.2) is 0 Å². The van der Waals surface area contributed by atoms with E-state index in [1.807, 2.05) is 18.7 Å². The van der Waals surface area contributed by atoms with Crippen molar-refractivity contribution in [3.63, 3.8) is 0 Å². The van der Waals surface area contributed by atoms with E-state index in [4.69, 9.17) is 10.5 Å². The van der Waals surface area contributed by atoms with Crippen molar-refractivity contribution < 1.29 is 14.3 Å². The fourth-order valence-corrected chi connectivity index (χ4v) is 3.23. The molecule has 1 heterocycles. The molecule has 1 aromatic carbocycles. The van der Waals surface area contributed by atoms with Crippen LogP contribution in [0.15, 0.2) is 24.3 Å². The zero-order valence-corrected chi connectivity index (χ0v) is 15.9. The summed E-state index contributed by atoms with van der Waals surface area (Å²) in [7, 11) is 0. The summed E-state index contributed by atoms with van der Waals surface area (Å²) in [5.74, 6) is 0.0115. The molecular weight excluding hydrogens is 330 g/mol. The van der Waals surface area contributed by atoms with Crippen molar-refractivity contribution in [3.8, 4) is 0 Å². The number of rotatable bonds is 8. The molecule has 0 aliphatic carbocycles. The van der Waals surface area contributed by atoms with Gasteiger partial charge in [-0.1, -0.05) is 12.8 Å². The van der Waals surface area contributed by atoms with Gasteiger partial charge in [0.05, 0.1) is 12.2 Å². The van der Waals surface area contributed by atoms with Crippen LogP contribution in [0.4, 0.5) is 5.69 Å². The van der Waals surface area contributed by atoms with E-state index in [2.05, 4.69) is 5.32 Å². The summed E-state index contributed by atoms with van der Waals surface area (Å²) in [4.78, 5) is 26.4.